The zero-order valence-electron chi connectivity index (χ0n) is 10.0. The largest absolute Gasteiger partial charge is 0.378 e. The van der Waals surface area contributed by atoms with Gasteiger partial charge in [0.15, 0.2) is 0 Å². The second-order valence-corrected chi connectivity index (χ2v) is 5.91. The SMILES string of the molecule is CC1COCCN1S(=O)(=O)c1cnccc1NN. The van der Waals surface area contributed by atoms with Gasteiger partial charge in [-0.15, -0.1) is 0 Å². The third-order valence-corrected chi connectivity index (χ3v) is 4.87. The smallest absolute Gasteiger partial charge is 0.247 e. The van der Waals surface area contributed by atoms with E-state index in [1.807, 2.05) is 6.92 Å². The Balaban J connectivity index is 2.41. The van der Waals surface area contributed by atoms with E-state index in [-0.39, 0.29) is 10.9 Å². The van der Waals surface area contributed by atoms with Gasteiger partial charge in [-0.2, -0.15) is 4.31 Å². The molecule has 8 heteroatoms. The summed E-state index contributed by atoms with van der Waals surface area (Å²) in [4.78, 5) is 3.93. The topological polar surface area (TPSA) is 97.5 Å². The van der Waals surface area contributed by atoms with Crippen LogP contribution in [-0.4, -0.2) is 43.5 Å². The van der Waals surface area contributed by atoms with Crippen LogP contribution < -0.4 is 11.3 Å². The lowest BCUT2D eigenvalue weighted by Crippen LogP contribution is -2.47. The molecule has 0 bridgehead atoms. The number of nitrogens with one attached hydrogen (secondary N) is 1. The number of anilines is 1. The van der Waals surface area contributed by atoms with E-state index in [4.69, 9.17) is 10.6 Å². The highest BCUT2D eigenvalue weighted by atomic mass is 32.2. The Kier molecular flexibility index (Phi) is 3.81. The summed E-state index contributed by atoms with van der Waals surface area (Å²) in [5.74, 6) is 5.33. The standard InChI is InChI=1S/C10H16N4O3S/c1-8-7-17-5-4-14(8)18(15,16)10-6-12-3-2-9(10)13-11/h2-3,6,8H,4-5,7,11H2,1H3,(H,12,13). The molecule has 1 fully saturated rings. The van der Waals surface area contributed by atoms with Crippen LogP contribution in [0.4, 0.5) is 5.69 Å². The molecule has 1 saturated heterocycles. The van der Waals surface area contributed by atoms with E-state index in [2.05, 4.69) is 10.4 Å². The number of nitrogens with zero attached hydrogens (tertiary/aromatic N) is 2. The number of aromatic nitrogens is 1. The molecule has 1 aliphatic heterocycles. The molecule has 1 aliphatic rings. The summed E-state index contributed by atoms with van der Waals surface area (Å²) in [7, 11) is -3.61. The first-order valence-corrected chi connectivity index (χ1v) is 7.01. The van der Waals surface area contributed by atoms with E-state index in [1.54, 1.807) is 0 Å². The number of hydrogen-bond donors (Lipinski definition) is 2. The van der Waals surface area contributed by atoms with E-state index >= 15 is 0 Å². The molecule has 0 saturated carbocycles. The average molecular weight is 272 g/mol. The molecule has 0 radical (unpaired) electrons. The third kappa shape index (κ3) is 2.32. The molecule has 1 aromatic rings. The fourth-order valence-electron chi connectivity index (χ4n) is 1.90. The van der Waals surface area contributed by atoms with Gasteiger partial charge in [0.05, 0.1) is 18.9 Å². The van der Waals surface area contributed by atoms with E-state index in [0.29, 0.717) is 25.4 Å². The Labute approximate surface area is 106 Å². The van der Waals surface area contributed by atoms with Crippen LogP contribution in [-0.2, 0) is 14.8 Å². The second kappa shape index (κ2) is 5.19. The van der Waals surface area contributed by atoms with Gasteiger partial charge in [-0.25, -0.2) is 8.42 Å². The van der Waals surface area contributed by atoms with Gasteiger partial charge < -0.3 is 10.2 Å². The quantitative estimate of drug-likeness (QED) is 0.583. The average Bonchev–Trinajstić information content (AvgIpc) is 2.39. The number of nitrogens with two attached hydrogens (primary N) is 1. The molecule has 0 spiro atoms. The molecule has 100 valence electrons. The highest BCUT2D eigenvalue weighted by molar-refractivity contribution is 7.89. The Bertz CT molecular complexity index is 520. The molecular weight excluding hydrogens is 256 g/mol. The van der Waals surface area contributed by atoms with Gasteiger partial charge in [-0.05, 0) is 13.0 Å². The Morgan fingerprint density at radius 1 is 1.61 bits per heavy atom. The minimum Gasteiger partial charge on any atom is -0.378 e. The highest BCUT2D eigenvalue weighted by Crippen LogP contribution is 2.25. The van der Waals surface area contributed by atoms with Crippen molar-refractivity contribution < 1.29 is 13.2 Å². The number of pyridine rings is 1. The van der Waals surface area contributed by atoms with Gasteiger partial charge in [0.2, 0.25) is 10.0 Å². The van der Waals surface area contributed by atoms with Crippen molar-refractivity contribution in [3.05, 3.63) is 18.5 Å². The number of nitrogen functional groups attached to an aromatic ring is 1. The van der Waals surface area contributed by atoms with E-state index in [9.17, 15) is 8.42 Å². The first-order valence-electron chi connectivity index (χ1n) is 5.57. The van der Waals surface area contributed by atoms with E-state index in [0.717, 1.165) is 0 Å². The van der Waals surface area contributed by atoms with Gasteiger partial charge in [0.25, 0.3) is 0 Å². The third-order valence-electron chi connectivity index (χ3n) is 2.83. The molecule has 1 atom stereocenters. The summed E-state index contributed by atoms with van der Waals surface area (Å²) in [6.45, 7) is 2.94. The first kappa shape index (κ1) is 13.2. The van der Waals surface area contributed by atoms with Crippen LogP contribution in [0.3, 0.4) is 0 Å². The zero-order chi connectivity index (χ0) is 13.2. The number of rotatable bonds is 3. The Hall–Kier alpha value is -1.22. The van der Waals surface area contributed by atoms with E-state index < -0.39 is 10.0 Å². The minimum atomic E-state index is -3.61. The van der Waals surface area contributed by atoms with Crippen LogP contribution in [0.2, 0.25) is 0 Å². The predicted octanol–water partition coefficient (Wildman–Crippen LogP) is -0.223. The molecule has 18 heavy (non-hydrogen) atoms. The Morgan fingerprint density at radius 3 is 3.06 bits per heavy atom. The summed E-state index contributed by atoms with van der Waals surface area (Å²) in [5, 5.41) is 0. The lowest BCUT2D eigenvalue weighted by Gasteiger charge is -2.32. The fourth-order valence-corrected chi connectivity index (χ4v) is 3.60. The summed E-state index contributed by atoms with van der Waals surface area (Å²) in [6.07, 6.45) is 2.78. The maximum atomic E-state index is 12.5. The molecule has 3 N–H and O–H groups in total. The normalized spacial score (nSPS) is 21.8. The second-order valence-electron chi connectivity index (χ2n) is 4.06. The lowest BCUT2D eigenvalue weighted by atomic mass is 10.3. The number of morpholine rings is 1. The zero-order valence-corrected chi connectivity index (χ0v) is 10.9. The molecule has 1 unspecified atom stereocenters. The van der Waals surface area contributed by atoms with Crippen molar-refractivity contribution in [3.63, 3.8) is 0 Å². The van der Waals surface area contributed by atoms with Crippen LogP contribution in [0.15, 0.2) is 23.4 Å². The summed E-state index contributed by atoms with van der Waals surface area (Å²) >= 11 is 0. The van der Waals surface area contributed by atoms with Crippen LogP contribution in [0.5, 0.6) is 0 Å². The maximum absolute atomic E-state index is 12.5. The van der Waals surface area contributed by atoms with Crippen molar-refractivity contribution in [1.29, 1.82) is 0 Å². The van der Waals surface area contributed by atoms with Crippen molar-refractivity contribution in [1.82, 2.24) is 9.29 Å². The van der Waals surface area contributed by atoms with Gasteiger partial charge in [-0.1, -0.05) is 0 Å². The first-order chi connectivity index (χ1) is 8.57. The Morgan fingerprint density at radius 2 is 2.39 bits per heavy atom. The van der Waals surface area contributed by atoms with Crippen molar-refractivity contribution in [2.75, 3.05) is 25.2 Å². The molecule has 2 heterocycles. The molecule has 0 aromatic carbocycles. The molecule has 7 nitrogen and oxygen atoms in total. The van der Waals surface area contributed by atoms with Crippen LogP contribution in [0.25, 0.3) is 0 Å². The predicted molar refractivity (Wildman–Crippen MR) is 66.2 cm³/mol. The summed E-state index contributed by atoms with van der Waals surface area (Å²) in [5.41, 5.74) is 2.72. The van der Waals surface area contributed by atoms with Crippen LogP contribution in [0, 0.1) is 0 Å². The molecule has 2 rings (SSSR count). The molecule has 0 aliphatic carbocycles. The van der Waals surface area contributed by atoms with Crippen molar-refractivity contribution in [3.8, 4) is 0 Å². The van der Waals surface area contributed by atoms with Gasteiger partial charge >= 0.3 is 0 Å². The van der Waals surface area contributed by atoms with Crippen molar-refractivity contribution >= 4 is 15.7 Å². The molecule has 1 aromatic heterocycles. The summed E-state index contributed by atoms with van der Waals surface area (Å²) in [6, 6.07) is 1.33. The van der Waals surface area contributed by atoms with Crippen molar-refractivity contribution in [2.24, 2.45) is 5.84 Å². The highest BCUT2D eigenvalue weighted by Gasteiger charge is 2.33. The maximum Gasteiger partial charge on any atom is 0.247 e. The number of ether oxygens (including phenoxy) is 1. The lowest BCUT2D eigenvalue weighted by molar-refractivity contribution is 0.0393. The summed E-state index contributed by atoms with van der Waals surface area (Å²) < 4.78 is 31.7. The van der Waals surface area contributed by atoms with E-state index in [1.165, 1.54) is 22.8 Å². The number of sulfonamides is 1. The van der Waals surface area contributed by atoms with Crippen LogP contribution in [0.1, 0.15) is 6.92 Å². The molecular formula is C10H16N4O3S. The van der Waals surface area contributed by atoms with Crippen molar-refractivity contribution in [2.45, 2.75) is 17.9 Å². The monoisotopic (exact) mass is 272 g/mol. The van der Waals surface area contributed by atoms with Gasteiger partial charge in [0.1, 0.15) is 4.90 Å². The molecule has 0 amide bonds. The van der Waals surface area contributed by atoms with Gasteiger partial charge in [-0.3, -0.25) is 10.8 Å². The van der Waals surface area contributed by atoms with Gasteiger partial charge in [0, 0.05) is 25.0 Å². The van der Waals surface area contributed by atoms with Crippen LogP contribution >= 0.6 is 0 Å². The minimum absolute atomic E-state index is 0.0845. The fraction of sp³-hybridized carbons (Fsp3) is 0.500. The number of hydrazine groups is 1. The number of hydrogen-bond acceptors (Lipinski definition) is 6.